The SMILES string of the molecule is CCOC(=O)C1C2CCC(O)=C2O[NH+]1[O-]. The van der Waals surface area contributed by atoms with E-state index in [1.54, 1.807) is 6.92 Å². The van der Waals surface area contributed by atoms with Crippen LogP contribution in [-0.4, -0.2) is 23.7 Å². The van der Waals surface area contributed by atoms with Crippen molar-refractivity contribution in [3.8, 4) is 0 Å². The molecule has 0 bridgehead atoms. The van der Waals surface area contributed by atoms with Crippen LogP contribution in [0, 0.1) is 11.1 Å². The molecule has 6 nitrogen and oxygen atoms in total. The molecule has 1 saturated heterocycles. The van der Waals surface area contributed by atoms with Gasteiger partial charge in [0.1, 0.15) is 5.76 Å². The summed E-state index contributed by atoms with van der Waals surface area (Å²) in [5.41, 5.74) is 0. The highest BCUT2D eigenvalue weighted by Crippen LogP contribution is 2.35. The first-order chi connectivity index (χ1) is 7.15. The van der Waals surface area contributed by atoms with Gasteiger partial charge in [-0.15, -0.1) is 0 Å². The summed E-state index contributed by atoms with van der Waals surface area (Å²) in [4.78, 5) is 16.3. The van der Waals surface area contributed by atoms with E-state index in [4.69, 9.17) is 9.57 Å². The quantitative estimate of drug-likeness (QED) is 0.476. The lowest BCUT2D eigenvalue weighted by molar-refractivity contribution is -1.04. The van der Waals surface area contributed by atoms with Crippen LogP contribution in [0.25, 0.3) is 0 Å². The Hall–Kier alpha value is -1.27. The molecule has 15 heavy (non-hydrogen) atoms. The number of hydroxylamine groups is 2. The second-order valence-corrected chi connectivity index (χ2v) is 3.61. The number of carbonyl (C=O) groups is 1. The molecule has 2 aliphatic rings. The number of rotatable bonds is 2. The van der Waals surface area contributed by atoms with E-state index in [0.29, 0.717) is 12.8 Å². The van der Waals surface area contributed by atoms with Gasteiger partial charge in [-0.05, 0) is 13.3 Å². The minimum Gasteiger partial charge on any atom is -0.590 e. The first kappa shape index (κ1) is 10.3. The third kappa shape index (κ3) is 1.55. The highest BCUT2D eigenvalue weighted by molar-refractivity contribution is 5.75. The summed E-state index contributed by atoms with van der Waals surface area (Å²) in [5, 5.41) is 20.2. The molecule has 0 saturated carbocycles. The molecule has 3 unspecified atom stereocenters. The van der Waals surface area contributed by atoms with Crippen molar-refractivity contribution in [3.05, 3.63) is 16.7 Å². The summed E-state index contributed by atoms with van der Waals surface area (Å²) in [5.74, 6) is -0.535. The zero-order valence-corrected chi connectivity index (χ0v) is 8.36. The van der Waals surface area contributed by atoms with Gasteiger partial charge in [-0.3, -0.25) is 0 Å². The molecule has 1 aliphatic heterocycles. The number of aliphatic hydroxyl groups excluding tert-OH is 1. The number of ether oxygens (including phenoxy) is 1. The van der Waals surface area contributed by atoms with Crippen molar-refractivity contribution in [2.45, 2.75) is 25.8 Å². The zero-order chi connectivity index (χ0) is 11.0. The minimum absolute atomic E-state index is 0.0835. The topological polar surface area (TPSA) is 83.3 Å². The largest absolute Gasteiger partial charge is 0.590 e. The third-order valence-corrected chi connectivity index (χ3v) is 2.72. The predicted octanol–water partition coefficient (Wildman–Crippen LogP) is -0.574. The van der Waals surface area contributed by atoms with Gasteiger partial charge >= 0.3 is 5.97 Å². The molecule has 0 amide bonds. The van der Waals surface area contributed by atoms with Crippen LogP contribution >= 0.6 is 0 Å². The van der Waals surface area contributed by atoms with Crippen LogP contribution in [0.15, 0.2) is 11.5 Å². The summed E-state index contributed by atoms with van der Waals surface area (Å²) in [6.45, 7) is 1.92. The van der Waals surface area contributed by atoms with Crippen molar-refractivity contribution in [3.63, 3.8) is 0 Å². The fraction of sp³-hybridized carbons (Fsp3) is 0.667. The molecule has 1 aliphatic carbocycles. The van der Waals surface area contributed by atoms with E-state index < -0.39 is 17.2 Å². The lowest BCUT2D eigenvalue weighted by atomic mass is 10.00. The van der Waals surface area contributed by atoms with Crippen molar-refractivity contribution in [2.75, 3.05) is 6.61 Å². The van der Waals surface area contributed by atoms with Crippen LogP contribution in [-0.2, 0) is 14.4 Å². The Balaban J connectivity index is 2.17. The molecule has 1 fully saturated rings. The summed E-state index contributed by atoms with van der Waals surface area (Å²) in [6.07, 6.45) is 1.03. The molecular weight excluding hydrogens is 202 g/mol. The molecule has 6 heteroatoms. The maximum Gasteiger partial charge on any atom is 0.369 e. The monoisotopic (exact) mass is 215 g/mol. The lowest BCUT2D eigenvalue weighted by Gasteiger charge is -2.20. The van der Waals surface area contributed by atoms with Crippen molar-refractivity contribution in [1.29, 1.82) is 0 Å². The van der Waals surface area contributed by atoms with Gasteiger partial charge in [0.25, 0.3) is 0 Å². The van der Waals surface area contributed by atoms with E-state index in [-0.39, 0.29) is 24.0 Å². The summed E-state index contributed by atoms with van der Waals surface area (Å²) in [7, 11) is 0. The third-order valence-electron chi connectivity index (χ3n) is 2.72. The molecule has 3 atom stereocenters. The van der Waals surface area contributed by atoms with Gasteiger partial charge in [0.15, 0.2) is 0 Å². The van der Waals surface area contributed by atoms with E-state index >= 15 is 0 Å². The summed E-state index contributed by atoms with van der Waals surface area (Å²) < 4.78 is 4.80. The molecule has 84 valence electrons. The second kappa shape index (κ2) is 3.71. The fourth-order valence-corrected chi connectivity index (χ4v) is 2.04. The number of carbonyl (C=O) groups excluding carboxylic acids is 1. The maximum atomic E-state index is 11.5. The van der Waals surface area contributed by atoms with E-state index in [1.807, 2.05) is 0 Å². The molecule has 0 spiro atoms. The number of quaternary nitrogens is 1. The maximum absolute atomic E-state index is 11.5. The molecule has 2 rings (SSSR count). The average molecular weight is 215 g/mol. The Labute approximate surface area is 86.6 Å². The smallest absolute Gasteiger partial charge is 0.369 e. The van der Waals surface area contributed by atoms with Gasteiger partial charge in [-0.25, -0.2) is 4.79 Å². The Kier molecular flexibility index (Phi) is 2.54. The summed E-state index contributed by atoms with van der Waals surface area (Å²) >= 11 is 0. The van der Waals surface area contributed by atoms with Gasteiger partial charge < -0.3 is 19.9 Å². The fourth-order valence-electron chi connectivity index (χ4n) is 2.04. The highest BCUT2D eigenvalue weighted by Gasteiger charge is 2.51. The number of hydrogen-bond acceptors (Lipinski definition) is 5. The summed E-state index contributed by atoms with van der Waals surface area (Å²) in [6, 6.07) is -0.885. The Morgan fingerprint density at radius 3 is 3.20 bits per heavy atom. The number of aliphatic hydroxyl groups is 1. The minimum atomic E-state index is -0.885. The van der Waals surface area contributed by atoms with Crippen molar-refractivity contribution < 1.29 is 24.7 Å². The average Bonchev–Trinajstić information content (AvgIpc) is 2.67. The van der Waals surface area contributed by atoms with Crippen LogP contribution in [0.1, 0.15) is 19.8 Å². The Bertz CT molecular complexity index is 314. The standard InChI is InChI=1S/C9H13NO5/c1-2-14-9(12)7-5-3-4-6(11)8(5)15-10(7)13/h5,7,10-11H,2-4H2,1H3. The van der Waals surface area contributed by atoms with Crippen LogP contribution in [0.5, 0.6) is 0 Å². The zero-order valence-electron chi connectivity index (χ0n) is 8.36. The molecule has 0 radical (unpaired) electrons. The first-order valence-electron chi connectivity index (χ1n) is 4.95. The molecular formula is C9H13NO5. The molecule has 1 heterocycles. The number of esters is 1. The molecule has 0 aromatic heterocycles. The normalized spacial score (nSPS) is 33.9. The number of hydrogen-bond donors (Lipinski definition) is 2. The van der Waals surface area contributed by atoms with Gasteiger partial charge in [-0.2, -0.15) is 5.23 Å². The van der Waals surface area contributed by atoms with Gasteiger partial charge in [0, 0.05) is 6.42 Å². The van der Waals surface area contributed by atoms with E-state index in [2.05, 4.69) is 0 Å². The van der Waals surface area contributed by atoms with Crippen molar-refractivity contribution >= 4 is 5.97 Å². The van der Waals surface area contributed by atoms with Gasteiger partial charge in [0.2, 0.25) is 11.8 Å². The highest BCUT2D eigenvalue weighted by atomic mass is 16.9. The van der Waals surface area contributed by atoms with Gasteiger partial charge in [0.05, 0.1) is 12.5 Å². The van der Waals surface area contributed by atoms with Crippen LogP contribution in [0.3, 0.4) is 0 Å². The lowest BCUT2D eigenvalue weighted by Crippen LogP contribution is -3.09. The van der Waals surface area contributed by atoms with E-state index in [0.717, 1.165) is 0 Å². The van der Waals surface area contributed by atoms with Crippen LogP contribution in [0.4, 0.5) is 0 Å². The number of allylic oxidation sites excluding steroid dienone is 1. The Morgan fingerprint density at radius 1 is 1.80 bits per heavy atom. The van der Waals surface area contributed by atoms with Crippen molar-refractivity contribution in [2.24, 2.45) is 5.92 Å². The number of nitrogens with one attached hydrogen (secondary N) is 1. The van der Waals surface area contributed by atoms with Crippen LogP contribution < -0.4 is 5.23 Å². The predicted molar refractivity (Wildman–Crippen MR) is 48.2 cm³/mol. The van der Waals surface area contributed by atoms with E-state index in [9.17, 15) is 15.1 Å². The Morgan fingerprint density at radius 2 is 2.53 bits per heavy atom. The number of fused-ring (bicyclic) bond motifs is 1. The molecule has 0 aromatic rings. The van der Waals surface area contributed by atoms with Gasteiger partial charge in [-0.1, -0.05) is 0 Å². The molecule has 0 aromatic carbocycles. The van der Waals surface area contributed by atoms with E-state index in [1.165, 1.54) is 0 Å². The molecule has 2 N–H and O–H groups in total. The van der Waals surface area contributed by atoms with Crippen molar-refractivity contribution in [1.82, 2.24) is 0 Å². The second-order valence-electron chi connectivity index (χ2n) is 3.61. The van der Waals surface area contributed by atoms with Crippen LogP contribution in [0.2, 0.25) is 0 Å². The first-order valence-corrected chi connectivity index (χ1v) is 4.95.